The number of rotatable bonds is 4. The maximum atomic E-state index is 2.40. The second-order valence-electron chi connectivity index (χ2n) is 7.45. The number of hydrogen-bond acceptors (Lipinski definition) is 0. The van der Waals surface area contributed by atoms with E-state index in [-0.39, 0.29) is 0 Å². The molecular weight excluding hydrogens is 362 g/mol. The first-order chi connectivity index (χ1) is 14.8. The fourth-order valence-electron chi connectivity index (χ4n) is 4.30. The highest BCUT2D eigenvalue weighted by atomic mass is 15.0. The van der Waals surface area contributed by atoms with Crippen LogP contribution in [0.1, 0.15) is 5.69 Å². The van der Waals surface area contributed by atoms with E-state index in [1.54, 1.807) is 0 Å². The molecule has 0 aliphatic heterocycles. The minimum atomic E-state index is 1.17. The maximum absolute atomic E-state index is 2.40. The van der Waals surface area contributed by atoms with Crippen LogP contribution in [0.5, 0.6) is 0 Å². The summed E-state index contributed by atoms with van der Waals surface area (Å²) < 4.78 is 2.40. The summed E-state index contributed by atoms with van der Waals surface area (Å²) in [6.07, 6.45) is 0. The first-order valence-electron chi connectivity index (χ1n) is 10.3. The molecule has 0 aliphatic carbocycles. The van der Waals surface area contributed by atoms with Gasteiger partial charge in [-0.25, -0.2) is 0 Å². The molecule has 1 aromatic heterocycles. The van der Waals surface area contributed by atoms with Crippen LogP contribution in [-0.2, 0) is 0 Å². The third kappa shape index (κ3) is 3.15. The molecule has 5 aromatic rings. The molecule has 1 heterocycles. The van der Waals surface area contributed by atoms with Gasteiger partial charge in [-0.15, -0.1) is 0 Å². The first-order valence-corrected chi connectivity index (χ1v) is 10.3. The smallest absolute Gasteiger partial charge is 0.0616 e. The SMILES string of the molecule is Cc1c(-c2ccccc2)c(-c2ccccc2)c(-c2ccccc2)n1-c1ccccc1. The maximum Gasteiger partial charge on any atom is 0.0616 e. The van der Waals surface area contributed by atoms with Crippen LogP contribution in [0.3, 0.4) is 0 Å². The Hall–Kier alpha value is -3.84. The van der Waals surface area contributed by atoms with E-state index in [9.17, 15) is 0 Å². The van der Waals surface area contributed by atoms with E-state index < -0.39 is 0 Å². The van der Waals surface area contributed by atoms with E-state index in [1.807, 2.05) is 0 Å². The van der Waals surface area contributed by atoms with Crippen LogP contribution in [0.25, 0.3) is 39.2 Å². The number of hydrogen-bond donors (Lipinski definition) is 0. The monoisotopic (exact) mass is 385 g/mol. The molecule has 0 N–H and O–H groups in total. The van der Waals surface area contributed by atoms with Gasteiger partial charge < -0.3 is 4.57 Å². The summed E-state index contributed by atoms with van der Waals surface area (Å²) in [6.45, 7) is 2.23. The Morgan fingerprint density at radius 3 is 1.33 bits per heavy atom. The largest absolute Gasteiger partial charge is 0.313 e. The van der Waals surface area contributed by atoms with Crippen molar-refractivity contribution in [1.29, 1.82) is 0 Å². The Labute approximate surface area is 177 Å². The molecule has 5 rings (SSSR count). The van der Waals surface area contributed by atoms with E-state index in [2.05, 4.69) is 133 Å². The molecule has 0 bridgehead atoms. The van der Waals surface area contributed by atoms with Gasteiger partial charge in [-0.05, 0) is 35.7 Å². The zero-order chi connectivity index (χ0) is 20.3. The molecule has 0 unspecified atom stereocenters. The lowest BCUT2D eigenvalue weighted by molar-refractivity contribution is 1.02. The van der Waals surface area contributed by atoms with E-state index in [1.165, 1.54) is 44.9 Å². The van der Waals surface area contributed by atoms with Crippen molar-refractivity contribution in [3.63, 3.8) is 0 Å². The highest BCUT2D eigenvalue weighted by Gasteiger charge is 2.24. The van der Waals surface area contributed by atoms with Crippen LogP contribution in [-0.4, -0.2) is 4.57 Å². The molecule has 0 saturated heterocycles. The molecule has 30 heavy (non-hydrogen) atoms. The summed E-state index contributed by atoms with van der Waals surface area (Å²) in [5.74, 6) is 0. The van der Waals surface area contributed by atoms with Crippen molar-refractivity contribution < 1.29 is 0 Å². The number of aromatic nitrogens is 1. The summed E-state index contributed by atoms with van der Waals surface area (Å²) in [5, 5.41) is 0. The van der Waals surface area contributed by atoms with Crippen molar-refractivity contribution >= 4 is 0 Å². The lowest BCUT2D eigenvalue weighted by Gasteiger charge is -2.14. The summed E-state index contributed by atoms with van der Waals surface area (Å²) in [4.78, 5) is 0. The molecular formula is C29H23N. The quantitative estimate of drug-likeness (QED) is 0.297. The van der Waals surface area contributed by atoms with Crippen molar-refractivity contribution in [3.8, 4) is 39.2 Å². The van der Waals surface area contributed by atoms with Crippen molar-refractivity contribution in [2.75, 3.05) is 0 Å². The van der Waals surface area contributed by atoms with Crippen molar-refractivity contribution in [2.24, 2.45) is 0 Å². The van der Waals surface area contributed by atoms with Gasteiger partial charge in [-0.2, -0.15) is 0 Å². The van der Waals surface area contributed by atoms with Crippen LogP contribution >= 0.6 is 0 Å². The highest BCUT2D eigenvalue weighted by Crippen LogP contribution is 2.45. The lowest BCUT2D eigenvalue weighted by Crippen LogP contribution is -1.99. The predicted octanol–water partition coefficient (Wildman–Crippen LogP) is 7.79. The van der Waals surface area contributed by atoms with E-state index in [0.29, 0.717) is 0 Å². The van der Waals surface area contributed by atoms with Gasteiger partial charge in [-0.3, -0.25) is 0 Å². The van der Waals surface area contributed by atoms with Crippen LogP contribution < -0.4 is 0 Å². The average Bonchev–Trinajstić information content (AvgIpc) is 3.14. The zero-order valence-electron chi connectivity index (χ0n) is 17.0. The third-order valence-electron chi connectivity index (χ3n) is 5.59. The summed E-state index contributed by atoms with van der Waals surface area (Å²) in [5.41, 5.74) is 9.88. The van der Waals surface area contributed by atoms with Crippen LogP contribution in [0.15, 0.2) is 121 Å². The van der Waals surface area contributed by atoms with Crippen LogP contribution in [0, 0.1) is 6.92 Å². The summed E-state index contributed by atoms with van der Waals surface area (Å²) in [6, 6.07) is 42.8. The van der Waals surface area contributed by atoms with Gasteiger partial charge in [0, 0.05) is 22.5 Å². The van der Waals surface area contributed by atoms with Gasteiger partial charge in [0.1, 0.15) is 0 Å². The molecule has 0 atom stereocenters. The van der Waals surface area contributed by atoms with E-state index in [4.69, 9.17) is 0 Å². The number of para-hydroxylation sites is 1. The Bertz CT molecular complexity index is 1150. The Balaban J connectivity index is 1.95. The van der Waals surface area contributed by atoms with Crippen molar-refractivity contribution in [3.05, 3.63) is 127 Å². The average molecular weight is 386 g/mol. The topological polar surface area (TPSA) is 4.93 Å². The molecule has 4 aromatic carbocycles. The predicted molar refractivity (Wildman–Crippen MR) is 127 cm³/mol. The molecule has 0 fully saturated rings. The number of benzene rings is 4. The van der Waals surface area contributed by atoms with Crippen LogP contribution in [0.4, 0.5) is 0 Å². The first kappa shape index (κ1) is 18.2. The summed E-state index contributed by atoms with van der Waals surface area (Å²) in [7, 11) is 0. The van der Waals surface area contributed by atoms with Gasteiger partial charge in [0.15, 0.2) is 0 Å². The van der Waals surface area contributed by atoms with E-state index in [0.717, 1.165) is 0 Å². The zero-order valence-corrected chi connectivity index (χ0v) is 17.0. The van der Waals surface area contributed by atoms with Crippen molar-refractivity contribution in [2.45, 2.75) is 6.92 Å². The minimum Gasteiger partial charge on any atom is -0.313 e. The molecule has 144 valence electrons. The lowest BCUT2D eigenvalue weighted by atomic mass is 9.93. The van der Waals surface area contributed by atoms with E-state index >= 15 is 0 Å². The van der Waals surface area contributed by atoms with Gasteiger partial charge >= 0.3 is 0 Å². The van der Waals surface area contributed by atoms with Gasteiger partial charge in [-0.1, -0.05) is 109 Å². The Kier molecular flexibility index (Phi) is 4.78. The molecule has 1 nitrogen and oxygen atoms in total. The Morgan fingerprint density at radius 2 is 0.833 bits per heavy atom. The molecule has 0 amide bonds. The highest BCUT2D eigenvalue weighted by molar-refractivity contribution is 5.96. The third-order valence-corrected chi connectivity index (χ3v) is 5.59. The van der Waals surface area contributed by atoms with Gasteiger partial charge in [0.25, 0.3) is 0 Å². The second-order valence-corrected chi connectivity index (χ2v) is 7.45. The molecule has 0 aliphatic rings. The van der Waals surface area contributed by atoms with Crippen molar-refractivity contribution in [1.82, 2.24) is 4.57 Å². The molecule has 0 spiro atoms. The minimum absolute atomic E-state index is 1.17. The van der Waals surface area contributed by atoms with Gasteiger partial charge in [0.2, 0.25) is 0 Å². The fourth-order valence-corrected chi connectivity index (χ4v) is 4.30. The molecule has 1 heteroatoms. The summed E-state index contributed by atoms with van der Waals surface area (Å²) >= 11 is 0. The molecule has 0 radical (unpaired) electrons. The molecule has 0 saturated carbocycles. The second kappa shape index (κ2) is 7.88. The number of nitrogens with zero attached hydrogens (tertiary/aromatic N) is 1. The standard InChI is InChI=1S/C29H23N/c1-22-27(23-14-6-2-7-15-23)28(24-16-8-3-9-17-24)29(25-18-10-4-11-19-25)30(22)26-20-12-5-13-21-26/h2-21H,1H3. The fraction of sp³-hybridized carbons (Fsp3) is 0.0345. The van der Waals surface area contributed by atoms with Crippen LogP contribution in [0.2, 0.25) is 0 Å². The Morgan fingerprint density at radius 1 is 0.433 bits per heavy atom. The normalized spacial score (nSPS) is 10.8. The van der Waals surface area contributed by atoms with Gasteiger partial charge in [0.05, 0.1) is 5.69 Å².